The topological polar surface area (TPSA) is 54.4 Å². The maximum atomic E-state index is 11.5. The van der Waals surface area contributed by atoms with Crippen LogP contribution in [0, 0.1) is 0 Å². The summed E-state index contributed by atoms with van der Waals surface area (Å²) in [7, 11) is -6.42. The second kappa shape index (κ2) is 3.49. The molecule has 0 bridgehead atoms. The first-order valence-corrected chi connectivity index (χ1v) is 3.36. The molecule has 0 aliphatic carbocycles. The average molecular weight is 208 g/mol. The van der Waals surface area contributed by atoms with Gasteiger partial charge in [-0.05, 0) is 0 Å². The van der Waals surface area contributed by atoms with Gasteiger partial charge in [-0.15, -0.1) is 0 Å². The van der Waals surface area contributed by atoms with E-state index in [4.69, 9.17) is 4.55 Å². The molecule has 0 spiro atoms. The number of halogens is 5. The van der Waals surface area contributed by atoms with Crippen LogP contribution >= 0.6 is 0 Å². The second-order valence-electron chi connectivity index (χ2n) is 1.49. The van der Waals surface area contributed by atoms with Crippen molar-refractivity contribution in [3.8, 4) is 0 Å². The van der Waals surface area contributed by atoms with Gasteiger partial charge < -0.3 is 1.43 Å². The Morgan fingerprint density at radius 2 is 1.33 bits per heavy atom. The summed E-state index contributed by atoms with van der Waals surface area (Å²) in [6.07, 6.45) is -6.29. The maximum Gasteiger partial charge on any atom is 1.00 e. The molecule has 70 valence electrons. The zero-order valence-electron chi connectivity index (χ0n) is 6.56. The molecular weight excluding hydrogens is 206 g/mol. The van der Waals surface area contributed by atoms with Crippen LogP contribution in [-0.2, 0) is 10.1 Å². The Kier molecular flexibility index (Phi) is 4.27. The van der Waals surface area contributed by atoms with Crippen LogP contribution < -0.4 is 18.9 Å². The van der Waals surface area contributed by atoms with Crippen molar-refractivity contribution in [1.82, 2.24) is 0 Å². The first-order chi connectivity index (χ1) is 4.50. The van der Waals surface area contributed by atoms with E-state index in [2.05, 4.69) is 0 Å². The summed E-state index contributed by atoms with van der Waals surface area (Å²) < 4.78 is 82.2. The van der Waals surface area contributed by atoms with Crippen molar-refractivity contribution < 1.29 is 55.2 Å². The summed E-state index contributed by atoms with van der Waals surface area (Å²) in [6, 6.07) is 0. The maximum absolute atomic E-state index is 11.5. The summed E-state index contributed by atoms with van der Waals surface area (Å²) in [5.41, 5.74) is 0. The van der Waals surface area contributed by atoms with Crippen molar-refractivity contribution in [2.24, 2.45) is 0 Å². The van der Waals surface area contributed by atoms with E-state index in [1.807, 2.05) is 0 Å². The summed E-state index contributed by atoms with van der Waals surface area (Å²) >= 11 is 0. The van der Waals surface area contributed by atoms with Crippen LogP contribution in [0.2, 0.25) is 0 Å². The van der Waals surface area contributed by atoms with E-state index in [1.165, 1.54) is 0 Å². The van der Waals surface area contributed by atoms with Gasteiger partial charge in [-0.2, -0.15) is 30.4 Å². The molecule has 0 radical (unpaired) electrons. The van der Waals surface area contributed by atoms with Crippen molar-refractivity contribution in [3.63, 3.8) is 0 Å². The van der Waals surface area contributed by atoms with E-state index in [0.717, 1.165) is 0 Å². The SMILES string of the molecule is O=S(=O)(O)C(F)(F)C(F)(F)F.[H-].[Li+]. The Labute approximate surface area is 77.3 Å². The van der Waals surface area contributed by atoms with Crippen molar-refractivity contribution >= 4 is 10.1 Å². The van der Waals surface area contributed by atoms with Crippen molar-refractivity contribution in [3.05, 3.63) is 0 Å². The standard InChI is InChI=1S/C2HF5O3S.Li.H/c3-1(4,5)2(6,7)11(8,9)10;;/h(H,8,9,10);;/q;+1;-1. The van der Waals surface area contributed by atoms with E-state index in [1.54, 1.807) is 0 Å². The Morgan fingerprint density at radius 1 is 1.08 bits per heavy atom. The van der Waals surface area contributed by atoms with E-state index in [0.29, 0.717) is 0 Å². The minimum atomic E-state index is -6.42. The molecule has 0 saturated carbocycles. The quantitative estimate of drug-likeness (QED) is 0.312. The Morgan fingerprint density at radius 3 is 1.33 bits per heavy atom. The van der Waals surface area contributed by atoms with E-state index >= 15 is 0 Å². The summed E-state index contributed by atoms with van der Waals surface area (Å²) in [4.78, 5) is 0. The molecule has 0 amide bonds. The van der Waals surface area contributed by atoms with Gasteiger partial charge in [-0.25, -0.2) is 0 Å². The fraction of sp³-hybridized carbons (Fsp3) is 1.00. The van der Waals surface area contributed by atoms with Crippen LogP contribution in [0.4, 0.5) is 22.0 Å². The molecule has 0 atom stereocenters. The third-order valence-corrected chi connectivity index (χ3v) is 1.53. The van der Waals surface area contributed by atoms with Gasteiger partial charge in [0, 0.05) is 0 Å². The van der Waals surface area contributed by atoms with Gasteiger partial charge in [0.1, 0.15) is 0 Å². The number of alkyl halides is 5. The molecule has 12 heavy (non-hydrogen) atoms. The van der Waals surface area contributed by atoms with Gasteiger partial charge in [0.15, 0.2) is 0 Å². The molecule has 0 aromatic rings. The predicted molar refractivity (Wildman–Crippen MR) is 23.7 cm³/mol. The smallest absolute Gasteiger partial charge is 1.00 e. The van der Waals surface area contributed by atoms with Crippen molar-refractivity contribution in [2.75, 3.05) is 0 Å². The Hall–Kier alpha value is 0.157. The van der Waals surface area contributed by atoms with Crippen molar-refractivity contribution in [1.29, 1.82) is 0 Å². The predicted octanol–water partition coefficient (Wildman–Crippen LogP) is -1.85. The van der Waals surface area contributed by atoms with Gasteiger partial charge >= 0.3 is 40.4 Å². The monoisotopic (exact) mass is 208 g/mol. The molecule has 10 heteroatoms. The molecule has 0 aromatic carbocycles. The van der Waals surface area contributed by atoms with Gasteiger partial charge in [0.05, 0.1) is 0 Å². The summed E-state index contributed by atoms with van der Waals surface area (Å²) in [5.74, 6) is 0. The molecule has 1 N–H and O–H groups in total. The van der Waals surface area contributed by atoms with Crippen LogP contribution in [0.1, 0.15) is 1.43 Å². The van der Waals surface area contributed by atoms with Crippen LogP contribution in [0.25, 0.3) is 0 Å². The van der Waals surface area contributed by atoms with Gasteiger partial charge in [0.25, 0.3) is 0 Å². The van der Waals surface area contributed by atoms with Gasteiger partial charge in [-0.1, -0.05) is 0 Å². The minimum absolute atomic E-state index is 0. The van der Waals surface area contributed by atoms with E-state index in [9.17, 15) is 30.4 Å². The molecule has 0 aromatic heterocycles. The Bertz CT molecular complexity index is 247. The van der Waals surface area contributed by atoms with Crippen LogP contribution in [0.5, 0.6) is 0 Å². The molecule has 0 saturated heterocycles. The van der Waals surface area contributed by atoms with Crippen LogP contribution in [0.15, 0.2) is 0 Å². The molecule has 3 nitrogen and oxygen atoms in total. The number of hydrogen-bond donors (Lipinski definition) is 1. The largest absolute Gasteiger partial charge is 1.00 e. The van der Waals surface area contributed by atoms with Crippen LogP contribution in [0.3, 0.4) is 0 Å². The molecule has 0 heterocycles. The zero-order valence-corrected chi connectivity index (χ0v) is 6.38. The molecule has 0 rings (SSSR count). The van der Waals surface area contributed by atoms with Gasteiger partial charge in [-0.3, -0.25) is 4.55 Å². The fourth-order valence-corrected chi connectivity index (χ4v) is 0.439. The third-order valence-electron chi connectivity index (χ3n) is 0.654. The summed E-state index contributed by atoms with van der Waals surface area (Å²) in [6.45, 7) is 0. The molecule has 0 aliphatic heterocycles. The molecule has 0 unspecified atom stereocenters. The minimum Gasteiger partial charge on any atom is -1.00 e. The van der Waals surface area contributed by atoms with E-state index in [-0.39, 0.29) is 20.3 Å². The second-order valence-corrected chi connectivity index (χ2v) is 2.95. The summed E-state index contributed by atoms with van der Waals surface area (Å²) in [5, 5.41) is -6.10. The number of hydrogen-bond acceptors (Lipinski definition) is 2. The normalized spacial score (nSPS) is 13.8. The fourth-order valence-electron chi connectivity index (χ4n) is 0.146. The molecule has 0 aliphatic rings. The first-order valence-electron chi connectivity index (χ1n) is 1.91. The first kappa shape index (κ1) is 14.7. The Balaban J connectivity index is -0.000000500. The van der Waals surface area contributed by atoms with Gasteiger partial charge in [0.2, 0.25) is 0 Å². The average Bonchev–Trinajstić information content (AvgIpc) is 1.58. The van der Waals surface area contributed by atoms with Crippen molar-refractivity contribution in [2.45, 2.75) is 11.4 Å². The number of rotatable bonds is 1. The van der Waals surface area contributed by atoms with Crippen LogP contribution in [-0.4, -0.2) is 24.4 Å². The van der Waals surface area contributed by atoms with E-state index < -0.39 is 21.5 Å². The molecule has 0 fully saturated rings. The molecular formula is C2H2F5LiO3S. The third kappa shape index (κ3) is 2.58. The zero-order chi connectivity index (χ0) is 9.50.